The predicted octanol–water partition coefficient (Wildman–Crippen LogP) is 3.91. The fourth-order valence-corrected chi connectivity index (χ4v) is 2.58. The maximum absolute atomic E-state index is 12.0. The quantitative estimate of drug-likeness (QED) is 0.811. The molecule has 1 N–H and O–H groups in total. The maximum Gasteiger partial charge on any atom is 0.321 e. The van der Waals surface area contributed by atoms with Crippen molar-refractivity contribution in [2.45, 2.75) is 65.3 Å². The van der Waals surface area contributed by atoms with E-state index in [1.54, 1.807) is 0 Å². The third-order valence-corrected chi connectivity index (χ3v) is 3.60. The van der Waals surface area contributed by atoms with Crippen molar-refractivity contribution in [3.05, 3.63) is 12.3 Å². The van der Waals surface area contributed by atoms with Crippen LogP contribution in [0.15, 0.2) is 12.3 Å². The van der Waals surface area contributed by atoms with E-state index in [0.717, 1.165) is 6.54 Å². The number of allylic oxidation sites excluding steroid dienone is 1. The van der Waals surface area contributed by atoms with Gasteiger partial charge in [-0.25, -0.2) is 4.79 Å². The van der Waals surface area contributed by atoms with Crippen molar-refractivity contribution in [1.29, 1.82) is 0 Å². The Hall–Kier alpha value is -0.990. The minimum absolute atomic E-state index is 0.00272. The molecular weight excluding hydrogens is 224 g/mol. The number of hydrogen-bond acceptors (Lipinski definition) is 1. The van der Waals surface area contributed by atoms with Crippen LogP contribution in [0.2, 0.25) is 0 Å². The monoisotopic (exact) mass is 252 g/mol. The first-order valence-corrected chi connectivity index (χ1v) is 7.20. The molecule has 0 bridgehead atoms. The molecule has 0 aliphatic heterocycles. The van der Waals surface area contributed by atoms with E-state index in [2.05, 4.69) is 32.2 Å². The minimum atomic E-state index is -0.127. The van der Waals surface area contributed by atoms with Gasteiger partial charge in [-0.3, -0.25) is 0 Å². The third kappa shape index (κ3) is 4.71. The summed E-state index contributed by atoms with van der Waals surface area (Å²) in [6, 6.07) is -0.00272. The van der Waals surface area contributed by atoms with Crippen LogP contribution < -0.4 is 5.32 Å². The molecule has 3 nitrogen and oxygen atoms in total. The van der Waals surface area contributed by atoms with Gasteiger partial charge in [0.25, 0.3) is 0 Å². The molecule has 1 saturated carbocycles. The fourth-order valence-electron chi connectivity index (χ4n) is 2.58. The highest BCUT2D eigenvalue weighted by Crippen LogP contribution is 2.24. The van der Waals surface area contributed by atoms with Gasteiger partial charge in [0.15, 0.2) is 0 Å². The number of nitrogens with one attached hydrogen (secondary N) is 1. The second-order valence-electron chi connectivity index (χ2n) is 6.12. The number of carbonyl (C=O) groups excluding carboxylic acids is 1. The second kappa shape index (κ2) is 6.81. The Morgan fingerprint density at radius 1 is 1.28 bits per heavy atom. The van der Waals surface area contributed by atoms with Crippen LogP contribution in [0.1, 0.15) is 59.8 Å². The summed E-state index contributed by atoms with van der Waals surface area (Å²) in [5.74, 6) is 0.656. The molecule has 0 heterocycles. The number of nitrogens with zero attached hydrogens (tertiary/aromatic N) is 1. The molecule has 2 amide bonds. The lowest BCUT2D eigenvalue weighted by Crippen LogP contribution is -2.49. The van der Waals surface area contributed by atoms with E-state index in [1.807, 2.05) is 18.0 Å². The highest BCUT2D eigenvalue weighted by Gasteiger charge is 2.23. The molecule has 0 spiro atoms. The fraction of sp³-hybridized carbons (Fsp3) is 0.800. The molecule has 18 heavy (non-hydrogen) atoms. The summed E-state index contributed by atoms with van der Waals surface area (Å²) in [6.07, 6.45) is 10.6. The van der Waals surface area contributed by atoms with Crippen molar-refractivity contribution in [2.24, 2.45) is 5.92 Å². The zero-order valence-electron chi connectivity index (χ0n) is 12.3. The molecular formula is C15H28N2O. The van der Waals surface area contributed by atoms with E-state index in [9.17, 15) is 4.79 Å². The Labute approximate surface area is 112 Å². The van der Waals surface area contributed by atoms with Gasteiger partial charge < -0.3 is 10.2 Å². The number of hydrogen-bond donors (Lipinski definition) is 1. The summed E-state index contributed by atoms with van der Waals surface area (Å²) in [5.41, 5.74) is -0.127. The summed E-state index contributed by atoms with van der Waals surface area (Å²) in [4.78, 5) is 13.9. The molecule has 1 aliphatic carbocycles. The zero-order valence-corrected chi connectivity index (χ0v) is 12.3. The van der Waals surface area contributed by atoms with Gasteiger partial charge in [0.1, 0.15) is 0 Å². The van der Waals surface area contributed by atoms with Gasteiger partial charge in [0.2, 0.25) is 0 Å². The first-order valence-electron chi connectivity index (χ1n) is 7.20. The van der Waals surface area contributed by atoms with E-state index >= 15 is 0 Å². The van der Waals surface area contributed by atoms with Gasteiger partial charge in [-0.2, -0.15) is 0 Å². The number of urea groups is 1. The van der Waals surface area contributed by atoms with Crippen LogP contribution in [0.25, 0.3) is 0 Å². The van der Waals surface area contributed by atoms with E-state index in [0.29, 0.717) is 5.92 Å². The highest BCUT2D eigenvalue weighted by atomic mass is 16.2. The zero-order chi connectivity index (χ0) is 13.6. The standard InChI is InChI=1S/C15H28N2O/c1-5-17(15(2,3)4)14(18)16-12-11-13-9-7-6-8-10-13/h11-13H,5-10H2,1-4H3,(H,16,18)/b12-11+. The van der Waals surface area contributed by atoms with Crippen LogP contribution in [0.5, 0.6) is 0 Å². The Kier molecular flexibility index (Phi) is 5.70. The summed E-state index contributed by atoms with van der Waals surface area (Å²) >= 11 is 0. The lowest BCUT2D eigenvalue weighted by molar-refractivity contribution is 0.153. The van der Waals surface area contributed by atoms with Crippen molar-refractivity contribution in [3.8, 4) is 0 Å². The Balaban J connectivity index is 2.41. The Bertz CT molecular complexity index is 285. The maximum atomic E-state index is 12.0. The van der Waals surface area contributed by atoms with Crippen LogP contribution in [-0.4, -0.2) is 23.0 Å². The van der Waals surface area contributed by atoms with Crippen molar-refractivity contribution < 1.29 is 4.79 Å². The van der Waals surface area contributed by atoms with Gasteiger partial charge in [-0.05, 0) is 46.5 Å². The summed E-state index contributed by atoms with van der Waals surface area (Å²) in [6.45, 7) is 8.91. The van der Waals surface area contributed by atoms with Gasteiger partial charge in [-0.15, -0.1) is 0 Å². The van der Waals surface area contributed by atoms with Crippen LogP contribution >= 0.6 is 0 Å². The average Bonchev–Trinajstić information content (AvgIpc) is 2.29. The summed E-state index contributed by atoms with van der Waals surface area (Å²) in [5, 5.41) is 2.89. The van der Waals surface area contributed by atoms with Crippen LogP contribution in [0, 0.1) is 5.92 Å². The van der Waals surface area contributed by atoms with Crippen LogP contribution in [0.4, 0.5) is 4.79 Å². The van der Waals surface area contributed by atoms with Crippen molar-refractivity contribution in [2.75, 3.05) is 6.54 Å². The van der Waals surface area contributed by atoms with Crippen molar-refractivity contribution >= 4 is 6.03 Å². The molecule has 0 atom stereocenters. The number of rotatable bonds is 3. The number of carbonyl (C=O) groups is 1. The summed E-state index contributed by atoms with van der Waals surface area (Å²) in [7, 11) is 0. The van der Waals surface area contributed by atoms with E-state index in [-0.39, 0.29) is 11.6 Å². The molecule has 0 aromatic heterocycles. The molecule has 0 aromatic rings. The molecule has 0 radical (unpaired) electrons. The first-order chi connectivity index (χ1) is 8.45. The lowest BCUT2D eigenvalue weighted by Gasteiger charge is -2.34. The molecule has 0 unspecified atom stereocenters. The highest BCUT2D eigenvalue weighted by molar-refractivity contribution is 5.75. The van der Waals surface area contributed by atoms with Crippen molar-refractivity contribution in [3.63, 3.8) is 0 Å². The van der Waals surface area contributed by atoms with Gasteiger partial charge >= 0.3 is 6.03 Å². The second-order valence-corrected chi connectivity index (χ2v) is 6.12. The summed E-state index contributed by atoms with van der Waals surface area (Å²) < 4.78 is 0. The molecule has 0 aromatic carbocycles. The molecule has 1 aliphatic rings. The number of amides is 2. The smallest absolute Gasteiger partial charge is 0.320 e. The Morgan fingerprint density at radius 3 is 2.39 bits per heavy atom. The van der Waals surface area contributed by atoms with Crippen LogP contribution in [0.3, 0.4) is 0 Å². The molecule has 1 fully saturated rings. The minimum Gasteiger partial charge on any atom is -0.320 e. The van der Waals surface area contributed by atoms with E-state index in [4.69, 9.17) is 0 Å². The van der Waals surface area contributed by atoms with Gasteiger partial charge in [0, 0.05) is 18.3 Å². The predicted molar refractivity (Wildman–Crippen MR) is 76.4 cm³/mol. The molecule has 3 heteroatoms. The average molecular weight is 252 g/mol. The van der Waals surface area contributed by atoms with Crippen LogP contribution in [-0.2, 0) is 0 Å². The Morgan fingerprint density at radius 2 is 1.89 bits per heavy atom. The first kappa shape index (κ1) is 15.1. The topological polar surface area (TPSA) is 32.3 Å². The third-order valence-electron chi connectivity index (χ3n) is 3.60. The largest absolute Gasteiger partial charge is 0.321 e. The SMILES string of the molecule is CCN(C(=O)N/C=C/C1CCCCC1)C(C)(C)C. The van der Waals surface area contributed by atoms with E-state index in [1.165, 1.54) is 32.1 Å². The van der Waals surface area contributed by atoms with E-state index < -0.39 is 0 Å². The molecule has 1 rings (SSSR count). The normalized spacial score (nSPS) is 18.0. The molecule has 0 saturated heterocycles. The van der Waals surface area contributed by atoms with Gasteiger partial charge in [-0.1, -0.05) is 25.3 Å². The molecule has 104 valence electrons. The van der Waals surface area contributed by atoms with Gasteiger partial charge in [0.05, 0.1) is 0 Å². The lowest BCUT2D eigenvalue weighted by atomic mass is 9.89. The van der Waals surface area contributed by atoms with Crippen molar-refractivity contribution in [1.82, 2.24) is 10.2 Å².